The molecule has 1 aromatic carbocycles. The molecule has 1 aromatic heterocycles. The van der Waals surface area contributed by atoms with Gasteiger partial charge < -0.3 is 15.0 Å². The van der Waals surface area contributed by atoms with E-state index in [1.807, 2.05) is 27.9 Å². The van der Waals surface area contributed by atoms with Crippen LogP contribution in [0, 0.1) is 0 Å². The first kappa shape index (κ1) is 17.0. The largest absolute Gasteiger partial charge is 0.497 e. The lowest BCUT2D eigenvalue weighted by molar-refractivity contribution is 0.0785. The van der Waals surface area contributed by atoms with Gasteiger partial charge in [-0.1, -0.05) is 17.3 Å². The molecular formula is C19H25N5O2. The summed E-state index contributed by atoms with van der Waals surface area (Å²) in [5.74, 6) is 1.21. The zero-order valence-corrected chi connectivity index (χ0v) is 15.1. The highest BCUT2D eigenvalue weighted by atomic mass is 16.5. The van der Waals surface area contributed by atoms with E-state index in [1.165, 1.54) is 5.56 Å². The van der Waals surface area contributed by atoms with Crippen LogP contribution in [-0.2, 0) is 0 Å². The first-order valence-corrected chi connectivity index (χ1v) is 9.30. The maximum Gasteiger partial charge on any atom is 0.276 e. The van der Waals surface area contributed by atoms with Crippen molar-refractivity contribution in [3.05, 3.63) is 41.7 Å². The lowest BCUT2D eigenvalue weighted by Crippen LogP contribution is -2.30. The predicted octanol–water partition coefficient (Wildman–Crippen LogP) is 1.84. The van der Waals surface area contributed by atoms with Crippen LogP contribution in [0.15, 0.2) is 30.5 Å². The van der Waals surface area contributed by atoms with Gasteiger partial charge in [-0.25, -0.2) is 4.68 Å². The Bertz CT molecular complexity index is 752. The van der Waals surface area contributed by atoms with E-state index in [0.717, 1.165) is 51.2 Å². The summed E-state index contributed by atoms with van der Waals surface area (Å²) in [5, 5.41) is 11.7. The minimum absolute atomic E-state index is 0.0128. The average molecular weight is 355 g/mol. The first-order valence-electron chi connectivity index (χ1n) is 9.30. The van der Waals surface area contributed by atoms with Crippen LogP contribution in [0.1, 0.15) is 47.3 Å². The molecule has 0 bridgehead atoms. The Hall–Kier alpha value is -2.41. The molecule has 26 heavy (non-hydrogen) atoms. The number of aromatic nitrogens is 3. The molecule has 1 atom stereocenters. The third kappa shape index (κ3) is 3.44. The zero-order valence-electron chi connectivity index (χ0n) is 15.1. The highest BCUT2D eigenvalue weighted by Gasteiger charge is 2.30. The molecular weight excluding hydrogens is 330 g/mol. The van der Waals surface area contributed by atoms with Gasteiger partial charge in [0.15, 0.2) is 5.69 Å². The summed E-state index contributed by atoms with van der Waals surface area (Å²) in [6.07, 6.45) is 4.85. The second-order valence-electron chi connectivity index (χ2n) is 7.07. The molecule has 2 aromatic rings. The second-order valence-corrected chi connectivity index (χ2v) is 7.07. The molecule has 2 saturated heterocycles. The number of piperidine rings is 1. The Labute approximate surface area is 153 Å². The third-order valence-electron chi connectivity index (χ3n) is 5.47. The van der Waals surface area contributed by atoms with Gasteiger partial charge in [-0.3, -0.25) is 4.79 Å². The smallest absolute Gasteiger partial charge is 0.276 e. The standard InChI is InChI=1S/C19H25N5O2/c1-26-17-4-2-14(3-5-17)15-8-11-23(12-15)19(25)18-13-24(22-21-18)16-6-9-20-10-7-16/h2-5,13,15-16,20H,6-12H2,1H3. The van der Waals surface area contributed by atoms with E-state index in [1.54, 1.807) is 7.11 Å². The minimum atomic E-state index is -0.0128. The number of nitrogens with zero attached hydrogens (tertiary/aromatic N) is 4. The van der Waals surface area contributed by atoms with E-state index in [2.05, 4.69) is 27.8 Å². The number of nitrogens with one attached hydrogen (secondary N) is 1. The van der Waals surface area contributed by atoms with Crippen molar-refractivity contribution in [1.82, 2.24) is 25.2 Å². The molecule has 2 aliphatic heterocycles. The summed E-state index contributed by atoms with van der Waals surface area (Å²) < 4.78 is 7.08. The minimum Gasteiger partial charge on any atom is -0.497 e. The number of hydrogen-bond acceptors (Lipinski definition) is 5. The Morgan fingerprint density at radius 1 is 1.19 bits per heavy atom. The number of amides is 1. The first-order chi connectivity index (χ1) is 12.7. The Kier molecular flexibility index (Phi) is 4.88. The third-order valence-corrected chi connectivity index (χ3v) is 5.47. The van der Waals surface area contributed by atoms with Gasteiger partial charge in [-0.05, 0) is 50.0 Å². The SMILES string of the molecule is COc1ccc(C2CCN(C(=O)c3cn(C4CCNCC4)nn3)C2)cc1. The van der Waals surface area contributed by atoms with Gasteiger partial charge in [0.25, 0.3) is 5.91 Å². The number of ether oxygens (including phenoxy) is 1. The van der Waals surface area contributed by atoms with Gasteiger partial charge in [0.05, 0.1) is 19.3 Å². The van der Waals surface area contributed by atoms with Gasteiger partial charge in [-0.2, -0.15) is 0 Å². The summed E-state index contributed by atoms with van der Waals surface area (Å²) in [5.41, 5.74) is 1.71. The van der Waals surface area contributed by atoms with Crippen molar-refractivity contribution in [3.63, 3.8) is 0 Å². The van der Waals surface area contributed by atoms with Gasteiger partial charge in [0.2, 0.25) is 0 Å². The summed E-state index contributed by atoms with van der Waals surface area (Å²) in [4.78, 5) is 14.7. The average Bonchev–Trinajstić information content (AvgIpc) is 3.38. The van der Waals surface area contributed by atoms with Crippen LogP contribution in [-0.4, -0.2) is 59.1 Å². The summed E-state index contributed by atoms with van der Waals surface area (Å²) in [6, 6.07) is 8.47. The Morgan fingerprint density at radius 3 is 2.69 bits per heavy atom. The van der Waals surface area contributed by atoms with E-state index >= 15 is 0 Å². The highest BCUT2D eigenvalue weighted by molar-refractivity contribution is 5.92. The number of benzene rings is 1. The van der Waals surface area contributed by atoms with E-state index < -0.39 is 0 Å². The molecule has 7 heteroatoms. The van der Waals surface area contributed by atoms with Crippen LogP contribution in [0.4, 0.5) is 0 Å². The molecule has 0 saturated carbocycles. The Balaban J connectivity index is 1.40. The number of rotatable bonds is 4. The van der Waals surface area contributed by atoms with Gasteiger partial charge in [0.1, 0.15) is 5.75 Å². The molecule has 0 spiro atoms. The van der Waals surface area contributed by atoms with E-state index in [0.29, 0.717) is 17.7 Å². The Morgan fingerprint density at radius 2 is 1.96 bits per heavy atom. The number of carbonyl (C=O) groups excluding carboxylic acids is 1. The van der Waals surface area contributed by atoms with Crippen molar-refractivity contribution in [2.75, 3.05) is 33.3 Å². The van der Waals surface area contributed by atoms with Gasteiger partial charge in [0, 0.05) is 19.0 Å². The van der Waals surface area contributed by atoms with Crippen LogP contribution in [0.5, 0.6) is 5.75 Å². The summed E-state index contributed by atoms with van der Waals surface area (Å²) in [6.45, 7) is 3.47. The van der Waals surface area contributed by atoms with Crippen molar-refractivity contribution in [2.24, 2.45) is 0 Å². The predicted molar refractivity (Wildman–Crippen MR) is 97.4 cm³/mol. The maximum absolute atomic E-state index is 12.8. The van der Waals surface area contributed by atoms with Crippen molar-refractivity contribution in [2.45, 2.75) is 31.2 Å². The lowest BCUT2D eigenvalue weighted by atomic mass is 9.98. The molecule has 1 amide bonds. The van der Waals surface area contributed by atoms with Crippen LogP contribution in [0.2, 0.25) is 0 Å². The molecule has 7 nitrogen and oxygen atoms in total. The zero-order chi connectivity index (χ0) is 17.9. The molecule has 0 radical (unpaired) electrons. The topological polar surface area (TPSA) is 72.3 Å². The molecule has 3 heterocycles. The van der Waals surface area contributed by atoms with Crippen LogP contribution < -0.4 is 10.1 Å². The van der Waals surface area contributed by atoms with Gasteiger partial charge >= 0.3 is 0 Å². The van der Waals surface area contributed by atoms with E-state index in [-0.39, 0.29) is 5.91 Å². The molecule has 1 unspecified atom stereocenters. The van der Waals surface area contributed by atoms with Gasteiger partial charge in [-0.15, -0.1) is 5.10 Å². The molecule has 0 aliphatic carbocycles. The molecule has 2 aliphatic rings. The fraction of sp³-hybridized carbons (Fsp3) is 0.526. The molecule has 1 N–H and O–H groups in total. The van der Waals surface area contributed by atoms with Crippen molar-refractivity contribution >= 4 is 5.91 Å². The number of likely N-dealkylation sites (tertiary alicyclic amines) is 1. The molecule has 2 fully saturated rings. The monoisotopic (exact) mass is 355 g/mol. The summed E-state index contributed by atoms with van der Waals surface area (Å²) in [7, 11) is 1.67. The highest BCUT2D eigenvalue weighted by Crippen LogP contribution is 2.29. The molecule has 138 valence electrons. The summed E-state index contributed by atoms with van der Waals surface area (Å²) >= 11 is 0. The maximum atomic E-state index is 12.8. The molecule has 4 rings (SSSR count). The number of carbonyl (C=O) groups is 1. The van der Waals surface area contributed by atoms with Crippen molar-refractivity contribution < 1.29 is 9.53 Å². The normalized spacial score (nSPS) is 21.1. The number of methoxy groups -OCH3 is 1. The van der Waals surface area contributed by atoms with Crippen LogP contribution >= 0.6 is 0 Å². The van der Waals surface area contributed by atoms with Crippen LogP contribution in [0.3, 0.4) is 0 Å². The van der Waals surface area contributed by atoms with Crippen molar-refractivity contribution in [3.8, 4) is 5.75 Å². The van der Waals surface area contributed by atoms with Crippen molar-refractivity contribution in [1.29, 1.82) is 0 Å². The number of hydrogen-bond donors (Lipinski definition) is 1. The fourth-order valence-corrected chi connectivity index (χ4v) is 3.88. The van der Waals surface area contributed by atoms with Crippen LogP contribution in [0.25, 0.3) is 0 Å². The van der Waals surface area contributed by atoms with E-state index in [9.17, 15) is 4.79 Å². The second kappa shape index (κ2) is 7.45. The fourth-order valence-electron chi connectivity index (χ4n) is 3.88. The lowest BCUT2D eigenvalue weighted by Gasteiger charge is -2.22. The van der Waals surface area contributed by atoms with E-state index in [4.69, 9.17) is 4.74 Å². The quantitative estimate of drug-likeness (QED) is 0.906.